The topological polar surface area (TPSA) is 116 Å². The van der Waals surface area contributed by atoms with Crippen molar-refractivity contribution >= 4 is 23.7 Å². The SMILES string of the molecule is C[C@H](NC(=O)[C@@H](C)Nc1cnc(/C=C/C(=O)NO)cn1)C1CCCCC1. The summed E-state index contributed by atoms with van der Waals surface area (Å²) in [6.45, 7) is 3.86. The van der Waals surface area contributed by atoms with Gasteiger partial charge in [0.1, 0.15) is 11.9 Å². The minimum absolute atomic E-state index is 0.0616. The molecule has 8 nitrogen and oxygen atoms in total. The first kappa shape index (κ1) is 19.8. The van der Waals surface area contributed by atoms with Gasteiger partial charge >= 0.3 is 0 Å². The van der Waals surface area contributed by atoms with Gasteiger partial charge in [-0.3, -0.25) is 19.8 Å². The van der Waals surface area contributed by atoms with Crippen molar-refractivity contribution in [2.45, 2.75) is 58.0 Å². The summed E-state index contributed by atoms with van der Waals surface area (Å²) in [6, 6.07) is -0.264. The zero-order chi connectivity index (χ0) is 18.9. The molecule has 8 heteroatoms. The predicted octanol–water partition coefficient (Wildman–Crippen LogP) is 1.88. The molecule has 2 amide bonds. The predicted molar refractivity (Wildman–Crippen MR) is 98.3 cm³/mol. The first-order chi connectivity index (χ1) is 12.5. The summed E-state index contributed by atoms with van der Waals surface area (Å²) >= 11 is 0. The largest absolute Gasteiger partial charge is 0.357 e. The lowest BCUT2D eigenvalue weighted by Gasteiger charge is -2.29. The number of amides is 2. The van der Waals surface area contributed by atoms with Crippen molar-refractivity contribution in [1.29, 1.82) is 0 Å². The summed E-state index contributed by atoms with van der Waals surface area (Å²) in [5.74, 6) is 0.323. The Labute approximate surface area is 153 Å². The van der Waals surface area contributed by atoms with Crippen molar-refractivity contribution in [2.75, 3.05) is 5.32 Å². The van der Waals surface area contributed by atoms with E-state index in [2.05, 4.69) is 27.5 Å². The molecule has 1 saturated carbocycles. The Balaban J connectivity index is 1.84. The Bertz CT molecular complexity index is 626. The molecule has 1 fully saturated rings. The minimum atomic E-state index is -0.647. The van der Waals surface area contributed by atoms with E-state index < -0.39 is 11.9 Å². The van der Waals surface area contributed by atoms with Crippen LogP contribution in [0.4, 0.5) is 5.82 Å². The second kappa shape index (κ2) is 9.86. The third kappa shape index (κ3) is 6.11. The Morgan fingerprint density at radius 3 is 2.54 bits per heavy atom. The van der Waals surface area contributed by atoms with Crippen LogP contribution in [-0.2, 0) is 9.59 Å². The van der Waals surface area contributed by atoms with Gasteiger partial charge in [-0.1, -0.05) is 19.3 Å². The van der Waals surface area contributed by atoms with Crippen molar-refractivity contribution < 1.29 is 14.8 Å². The summed E-state index contributed by atoms with van der Waals surface area (Å²) in [7, 11) is 0. The third-order valence-corrected chi connectivity index (χ3v) is 4.67. The van der Waals surface area contributed by atoms with Gasteiger partial charge in [0.05, 0.1) is 18.1 Å². The van der Waals surface area contributed by atoms with Crippen LogP contribution in [-0.4, -0.2) is 39.1 Å². The highest BCUT2D eigenvalue weighted by Crippen LogP contribution is 2.26. The van der Waals surface area contributed by atoms with Crippen LogP contribution in [0.2, 0.25) is 0 Å². The summed E-state index contributed by atoms with van der Waals surface area (Å²) in [4.78, 5) is 31.6. The van der Waals surface area contributed by atoms with Gasteiger partial charge in [0.25, 0.3) is 5.91 Å². The number of hydrogen-bond donors (Lipinski definition) is 4. The van der Waals surface area contributed by atoms with Crippen LogP contribution in [0.25, 0.3) is 6.08 Å². The van der Waals surface area contributed by atoms with Gasteiger partial charge in [0.15, 0.2) is 0 Å². The zero-order valence-corrected chi connectivity index (χ0v) is 15.2. The maximum absolute atomic E-state index is 12.4. The average molecular weight is 361 g/mol. The number of hydrogen-bond acceptors (Lipinski definition) is 6. The van der Waals surface area contributed by atoms with Crippen LogP contribution >= 0.6 is 0 Å². The third-order valence-electron chi connectivity index (χ3n) is 4.67. The van der Waals surface area contributed by atoms with Gasteiger partial charge in [0.2, 0.25) is 5.91 Å². The maximum atomic E-state index is 12.4. The number of anilines is 1. The lowest BCUT2D eigenvalue weighted by molar-refractivity contribution is -0.124. The molecule has 1 aliphatic rings. The van der Waals surface area contributed by atoms with Gasteiger partial charge in [-0.2, -0.15) is 0 Å². The Hall–Kier alpha value is -2.48. The number of carbonyl (C=O) groups excluding carboxylic acids is 2. The molecule has 0 spiro atoms. The normalized spacial score (nSPS) is 17.5. The van der Waals surface area contributed by atoms with Crippen molar-refractivity contribution in [3.05, 3.63) is 24.2 Å². The number of rotatable bonds is 7. The van der Waals surface area contributed by atoms with Gasteiger partial charge in [-0.25, -0.2) is 10.5 Å². The highest BCUT2D eigenvalue weighted by Gasteiger charge is 2.23. The molecular formula is C18H27N5O3. The van der Waals surface area contributed by atoms with Crippen LogP contribution in [0.3, 0.4) is 0 Å². The summed E-state index contributed by atoms with van der Waals surface area (Å²) in [5.41, 5.74) is 1.95. The van der Waals surface area contributed by atoms with Crippen molar-refractivity contribution in [3.8, 4) is 0 Å². The minimum Gasteiger partial charge on any atom is -0.357 e. The standard InChI is InChI=1S/C18H27N5O3/c1-12(14-6-4-3-5-7-14)22-18(25)13(2)21-16-11-19-15(10-20-16)8-9-17(24)23-26/h8-14,26H,3-7H2,1-2H3,(H,20,21)(H,22,25)(H,23,24)/b9-8+/t12-,13+/m0/s1. The molecule has 26 heavy (non-hydrogen) atoms. The molecule has 0 unspecified atom stereocenters. The molecule has 1 aliphatic carbocycles. The van der Waals surface area contributed by atoms with Gasteiger partial charge in [-0.05, 0) is 38.7 Å². The molecule has 2 rings (SSSR count). The molecule has 2 atom stereocenters. The van der Waals surface area contributed by atoms with Crippen molar-refractivity contribution in [3.63, 3.8) is 0 Å². The summed E-state index contributed by atoms with van der Waals surface area (Å²) in [6.07, 6.45) is 11.7. The van der Waals surface area contributed by atoms with E-state index in [9.17, 15) is 9.59 Å². The highest BCUT2D eigenvalue weighted by atomic mass is 16.5. The molecule has 0 aromatic carbocycles. The molecule has 0 aliphatic heterocycles. The van der Waals surface area contributed by atoms with Gasteiger partial charge in [0, 0.05) is 12.1 Å². The van der Waals surface area contributed by atoms with E-state index >= 15 is 0 Å². The van der Waals surface area contributed by atoms with Crippen LogP contribution < -0.4 is 16.1 Å². The summed E-state index contributed by atoms with van der Waals surface area (Å²) < 4.78 is 0. The first-order valence-electron chi connectivity index (χ1n) is 9.00. The molecular weight excluding hydrogens is 334 g/mol. The fourth-order valence-electron chi connectivity index (χ4n) is 3.09. The van der Waals surface area contributed by atoms with Crippen LogP contribution in [0, 0.1) is 5.92 Å². The molecule has 142 valence electrons. The highest BCUT2D eigenvalue weighted by molar-refractivity contribution is 5.90. The Morgan fingerprint density at radius 1 is 1.19 bits per heavy atom. The number of nitrogens with one attached hydrogen (secondary N) is 3. The quantitative estimate of drug-likeness (QED) is 0.335. The summed E-state index contributed by atoms with van der Waals surface area (Å²) in [5, 5.41) is 14.5. The van der Waals surface area contributed by atoms with Crippen molar-refractivity contribution in [2.24, 2.45) is 5.92 Å². The van der Waals surface area contributed by atoms with E-state index in [1.165, 1.54) is 56.1 Å². The Kier molecular flexibility index (Phi) is 7.53. The van der Waals surface area contributed by atoms with Crippen LogP contribution in [0.1, 0.15) is 51.6 Å². The monoisotopic (exact) mass is 361 g/mol. The second-order valence-corrected chi connectivity index (χ2v) is 6.70. The van der Waals surface area contributed by atoms with E-state index in [-0.39, 0.29) is 11.9 Å². The fourth-order valence-corrected chi connectivity index (χ4v) is 3.09. The lowest BCUT2D eigenvalue weighted by Crippen LogP contribution is -2.45. The molecule has 0 saturated heterocycles. The van der Waals surface area contributed by atoms with Crippen LogP contribution in [0.5, 0.6) is 0 Å². The number of aromatic nitrogens is 2. The molecule has 0 radical (unpaired) electrons. The van der Waals surface area contributed by atoms with Gasteiger partial charge < -0.3 is 10.6 Å². The fraction of sp³-hybridized carbons (Fsp3) is 0.556. The molecule has 1 aromatic heterocycles. The number of nitrogens with zero attached hydrogens (tertiary/aromatic N) is 2. The first-order valence-corrected chi connectivity index (χ1v) is 9.00. The molecule has 1 aromatic rings. The number of carbonyl (C=O) groups is 2. The zero-order valence-electron chi connectivity index (χ0n) is 15.2. The van der Waals surface area contributed by atoms with Crippen LogP contribution in [0.15, 0.2) is 18.5 Å². The molecule has 0 bridgehead atoms. The average Bonchev–Trinajstić information content (AvgIpc) is 2.67. The smallest absolute Gasteiger partial charge is 0.267 e. The van der Waals surface area contributed by atoms with E-state index in [0.29, 0.717) is 17.4 Å². The maximum Gasteiger partial charge on any atom is 0.267 e. The molecule has 1 heterocycles. The second-order valence-electron chi connectivity index (χ2n) is 6.70. The van der Waals surface area contributed by atoms with E-state index in [1.807, 2.05) is 0 Å². The number of hydroxylamine groups is 1. The lowest BCUT2D eigenvalue weighted by atomic mass is 9.84. The van der Waals surface area contributed by atoms with E-state index in [0.717, 1.165) is 6.08 Å². The van der Waals surface area contributed by atoms with Crippen molar-refractivity contribution in [1.82, 2.24) is 20.8 Å². The van der Waals surface area contributed by atoms with E-state index in [4.69, 9.17) is 5.21 Å². The Morgan fingerprint density at radius 2 is 1.92 bits per heavy atom. The van der Waals surface area contributed by atoms with Gasteiger partial charge in [-0.15, -0.1) is 0 Å². The molecule has 4 N–H and O–H groups in total. The van der Waals surface area contributed by atoms with E-state index in [1.54, 1.807) is 6.92 Å².